The summed E-state index contributed by atoms with van der Waals surface area (Å²) in [6.45, 7) is 3.47. The van der Waals surface area contributed by atoms with Crippen LogP contribution in [-0.2, 0) is 0 Å². The first kappa shape index (κ1) is 21.2. The van der Waals surface area contributed by atoms with Gasteiger partial charge in [0.25, 0.3) is 0 Å². The minimum atomic E-state index is 0.324. The van der Waals surface area contributed by atoms with Gasteiger partial charge in [0.1, 0.15) is 17.2 Å². The van der Waals surface area contributed by atoms with Crippen molar-refractivity contribution in [2.75, 3.05) is 52.4 Å². The fourth-order valence-electron chi connectivity index (χ4n) is 4.32. The van der Waals surface area contributed by atoms with E-state index in [1.54, 1.807) is 14.2 Å². The van der Waals surface area contributed by atoms with E-state index in [0.717, 1.165) is 68.0 Å². The number of benzene rings is 2. The van der Waals surface area contributed by atoms with Gasteiger partial charge in [-0.15, -0.1) is 0 Å². The molecule has 2 atom stereocenters. The van der Waals surface area contributed by atoms with Gasteiger partial charge in [0.2, 0.25) is 0 Å². The van der Waals surface area contributed by atoms with E-state index in [4.69, 9.17) is 14.2 Å². The number of para-hydroxylation sites is 1. The van der Waals surface area contributed by atoms with Gasteiger partial charge in [0.05, 0.1) is 20.8 Å². The Kier molecular flexibility index (Phi) is 6.70. The molecule has 2 unspecified atom stereocenters. The van der Waals surface area contributed by atoms with Gasteiger partial charge in [0, 0.05) is 62.5 Å². The number of hydrogen-bond donors (Lipinski definition) is 2. The number of anilines is 1. The molecule has 0 amide bonds. The number of methoxy groups -OCH3 is 2. The summed E-state index contributed by atoms with van der Waals surface area (Å²) in [5, 5.41) is 7.11. The molecule has 1 fully saturated rings. The third-order valence-corrected chi connectivity index (χ3v) is 6.05. The van der Waals surface area contributed by atoms with Crippen LogP contribution in [0.25, 0.3) is 0 Å². The molecule has 0 radical (unpaired) electrons. The van der Waals surface area contributed by atoms with Crippen molar-refractivity contribution in [1.29, 1.82) is 0 Å². The van der Waals surface area contributed by atoms with Crippen LogP contribution in [0.2, 0.25) is 0 Å². The van der Waals surface area contributed by atoms with Crippen LogP contribution in [-0.4, -0.2) is 59.5 Å². The zero-order valence-corrected chi connectivity index (χ0v) is 18.6. The molecule has 2 aliphatic heterocycles. The van der Waals surface area contributed by atoms with Crippen LogP contribution in [0.5, 0.6) is 17.2 Å². The Bertz CT molecular complexity index is 895. The van der Waals surface area contributed by atoms with Gasteiger partial charge in [-0.05, 0) is 24.5 Å². The second-order valence-corrected chi connectivity index (χ2v) is 7.97. The van der Waals surface area contributed by atoms with E-state index in [1.165, 1.54) is 5.56 Å². The van der Waals surface area contributed by atoms with Gasteiger partial charge in [-0.2, -0.15) is 0 Å². The fourth-order valence-corrected chi connectivity index (χ4v) is 4.32. The molecule has 2 heterocycles. The van der Waals surface area contributed by atoms with E-state index in [2.05, 4.69) is 50.9 Å². The van der Waals surface area contributed by atoms with Crippen molar-refractivity contribution in [3.8, 4) is 17.2 Å². The van der Waals surface area contributed by atoms with Crippen LogP contribution in [0.15, 0.2) is 47.5 Å². The van der Waals surface area contributed by atoms with Gasteiger partial charge < -0.3 is 29.7 Å². The molecule has 2 aromatic carbocycles. The molecular weight excluding hydrogens is 392 g/mol. The van der Waals surface area contributed by atoms with Crippen LogP contribution in [0.4, 0.5) is 5.69 Å². The fraction of sp³-hybridized carbons (Fsp3) is 0.458. The minimum absolute atomic E-state index is 0.324. The summed E-state index contributed by atoms with van der Waals surface area (Å²) in [7, 11) is 5.19. The summed E-state index contributed by atoms with van der Waals surface area (Å²) >= 11 is 0. The maximum absolute atomic E-state index is 5.78. The standard InChI is InChI=1S/C24H32N4O3/c1-25-24(26-15-17-9-11-31-23-7-5-4-6-22(17)23)27-18-8-10-28(16-18)19-12-20(29-2)14-21(13-19)30-3/h4-7,12-14,17-18H,8-11,15-16H2,1-3H3,(H2,25,26,27). The molecule has 0 spiro atoms. The molecule has 7 heteroatoms. The molecule has 0 bridgehead atoms. The molecule has 31 heavy (non-hydrogen) atoms. The molecule has 2 aromatic rings. The molecule has 0 aromatic heterocycles. The molecule has 2 N–H and O–H groups in total. The zero-order valence-electron chi connectivity index (χ0n) is 18.6. The maximum Gasteiger partial charge on any atom is 0.191 e. The van der Waals surface area contributed by atoms with Crippen molar-refractivity contribution < 1.29 is 14.2 Å². The Hall–Kier alpha value is -3.09. The van der Waals surface area contributed by atoms with E-state index in [1.807, 2.05) is 19.2 Å². The zero-order chi connectivity index (χ0) is 21.6. The number of aliphatic imine (C=N–C) groups is 1. The lowest BCUT2D eigenvalue weighted by Gasteiger charge is -2.27. The van der Waals surface area contributed by atoms with E-state index in [0.29, 0.717) is 12.0 Å². The van der Waals surface area contributed by atoms with Crippen molar-refractivity contribution in [2.45, 2.75) is 24.8 Å². The number of nitrogens with one attached hydrogen (secondary N) is 2. The van der Waals surface area contributed by atoms with Crippen molar-refractivity contribution in [2.24, 2.45) is 4.99 Å². The van der Waals surface area contributed by atoms with Crippen LogP contribution < -0.4 is 29.7 Å². The SMILES string of the molecule is CN=C(NCC1CCOc2ccccc21)NC1CCN(c2cc(OC)cc(OC)c2)C1. The number of guanidine groups is 1. The number of hydrogen-bond acceptors (Lipinski definition) is 5. The minimum Gasteiger partial charge on any atom is -0.497 e. The van der Waals surface area contributed by atoms with Crippen LogP contribution in [0.3, 0.4) is 0 Å². The van der Waals surface area contributed by atoms with Crippen molar-refractivity contribution in [3.63, 3.8) is 0 Å². The van der Waals surface area contributed by atoms with Gasteiger partial charge in [-0.1, -0.05) is 18.2 Å². The number of fused-ring (bicyclic) bond motifs is 1. The Labute approximate surface area is 184 Å². The smallest absolute Gasteiger partial charge is 0.191 e. The highest BCUT2D eigenvalue weighted by Gasteiger charge is 2.25. The third kappa shape index (κ3) is 4.98. The quantitative estimate of drug-likeness (QED) is 0.549. The third-order valence-electron chi connectivity index (χ3n) is 6.05. The first-order chi connectivity index (χ1) is 15.2. The molecular formula is C24H32N4O3. The molecule has 4 rings (SSSR count). The monoisotopic (exact) mass is 424 g/mol. The second-order valence-electron chi connectivity index (χ2n) is 7.97. The van der Waals surface area contributed by atoms with Gasteiger partial charge in [0.15, 0.2) is 5.96 Å². The van der Waals surface area contributed by atoms with Gasteiger partial charge in [-0.25, -0.2) is 0 Å². The Morgan fingerprint density at radius 2 is 1.90 bits per heavy atom. The number of nitrogens with zero attached hydrogens (tertiary/aromatic N) is 2. The Balaban J connectivity index is 1.33. The first-order valence-corrected chi connectivity index (χ1v) is 10.9. The highest BCUT2D eigenvalue weighted by Crippen LogP contribution is 2.33. The second kappa shape index (κ2) is 9.81. The number of rotatable bonds is 6. The average Bonchev–Trinajstić information content (AvgIpc) is 3.30. The molecule has 166 valence electrons. The van der Waals surface area contributed by atoms with Gasteiger partial charge in [-0.3, -0.25) is 4.99 Å². The van der Waals surface area contributed by atoms with Crippen LogP contribution in [0, 0.1) is 0 Å². The predicted molar refractivity (Wildman–Crippen MR) is 124 cm³/mol. The van der Waals surface area contributed by atoms with E-state index < -0.39 is 0 Å². The summed E-state index contributed by atoms with van der Waals surface area (Å²) in [5.41, 5.74) is 2.39. The Morgan fingerprint density at radius 3 is 2.65 bits per heavy atom. The van der Waals surface area contributed by atoms with E-state index in [9.17, 15) is 0 Å². The van der Waals surface area contributed by atoms with E-state index >= 15 is 0 Å². The molecule has 0 aliphatic carbocycles. The molecule has 7 nitrogen and oxygen atoms in total. The van der Waals surface area contributed by atoms with Gasteiger partial charge >= 0.3 is 0 Å². The lowest BCUT2D eigenvalue weighted by molar-refractivity contribution is 0.267. The number of ether oxygens (including phenoxy) is 3. The lowest BCUT2D eigenvalue weighted by atomic mass is 9.93. The largest absolute Gasteiger partial charge is 0.497 e. The molecule has 1 saturated heterocycles. The van der Waals surface area contributed by atoms with Crippen LogP contribution >= 0.6 is 0 Å². The van der Waals surface area contributed by atoms with Crippen LogP contribution in [0.1, 0.15) is 24.3 Å². The molecule has 2 aliphatic rings. The van der Waals surface area contributed by atoms with Crippen molar-refractivity contribution in [1.82, 2.24) is 10.6 Å². The van der Waals surface area contributed by atoms with Crippen molar-refractivity contribution >= 4 is 11.6 Å². The highest BCUT2D eigenvalue weighted by molar-refractivity contribution is 5.80. The Morgan fingerprint density at radius 1 is 1.13 bits per heavy atom. The highest BCUT2D eigenvalue weighted by atomic mass is 16.5. The predicted octanol–water partition coefficient (Wildman–Crippen LogP) is 3.01. The van der Waals surface area contributed by atoms with Crippen molar-refractivity contribution in [3.05, 3.63) is 48.0 Å². The first-order valence-electron chi connectivity index (χ1n) is 10.9. The molecule has 0 saturated carbocycles. The summed E-state index contributed by atoms with van der Waals surface area (Å²) in [5.74, 6) is 3.88. The summed E-state index contributed by atoms with van der Waals surface area (Å²) in [4.78, 5) is 6.80. The summed E-state index contributed by atoms with van der Waals surface area (Å²) in [6.07, 6.45) is 2.05. The normalized spacial score (nSPS) is 20.6. The average molecular weight is 425 g/mol. The summed E-state index contributed by atoms with van der Waals surface area (Å²) < 4.78 is 16.6. The van der Waals surface area contributed by atoms with E-state index in [-0.39, 0.29) is 0 Å². The topological polar surface area (TPSA) is 67.4 Å². The maximum atomic E-state index is 5.78. The lowest BCUT2D eigenvalue weighted by Crippen LogP contribution is -2.46. The summed E-state index contributed by atoms with van der Waals surface area (Å²) in [6, 6.07) is 14.7.